The van der Waals surface area contributed by atoms with Crippen molar-refractivity contribution in [3.8, 4) is 11.1 Å². The van der Waals surface area contributed by atoms with Crippen LogP contribution < -0.4 is 0 Å². The molecule has 0 aliphatic carbocycles. The average molecular weight is 245 g/mol. The predicted molar refractivity (Wildman–Crippen MR) is 67.7 cm³/mol. The third-order valence-electron chi connectivity index (χ3n) is 2.52. The molecule has 0 fully saturated rings. The van der Waals surface area contributed by atoms with Crippen molar-refractivity contribution in [2.45, 2.75) is 0 Å². The first-order valence-electron chi connectivity index (χ1n) is 5.05. The first-order chi connectivity index (χ1) is 8.26. The molecule has 0 aliphatic rings. The van der Waals surface area contributed by atoms with Gasteiger partial charge in [0, 0.05) is 16.1 Å². The molecule has 0 radical (unpaired) electrons. The highest BCUT2D eigenvalue weighted by Gasteiger charge is 2.08. The Morgan fingerprint density at radius 2 is 1.47 bits per heavy atom. The zero-order chi connectivity index (χ0) is 12.3. The second-order valence-electron chi connectivity index (χ2n) is 3.55. The predicted octanol–water partition coefficient (Wildman–Crippen LogP) is 3.63. The first kappa shape index (κ1) is 11.6. The molecular weight excluding hydrogens is 236 g/mol. The molecule has 0 N–H and O–H groups in total. The molecule has 0 heterocycles. The number of carbonyl (C=O) groups is 2. The molecule has 0 unspecified atom stereocenters. The lowest BCUT2D eigenvalue weighted by Crippen LogP contribution is -1.92. The Hall–Kier alpha value is -1.93. The van der Waals surface area contributed by atoms with Gasteiger partial charge in [0.1, 0.15) is 0 Å². The Balaban J connectivity index is 2.67. The number of hydrogen-bond donors (Lipinski definition) is 0. The SMILES string of the molecule is O=Cc1ccccc1-c1ccc(Cl)cc1C=O. The van der Waals surface area contributed by atoms with Crippen LogP contribution >= 0.6 is 11.6 Å². The number of carbonyl (C=O) groups excluding carboxylic acids is 2. The summed E-state index contributed by atoms with van der Waals surface area (Å²) in [6.45, 7) is 0. The molecule has 2 nitrogen and oxygen atoms in total. The van der Waals surface area contributed by atoms with Crippen LogP contribution in [0.25, 0.3) is 11.1 Å². The standard InChI is InChI=1S/C14H9ClO2/c15-12-5-6-14(11(7-12)9-17)13-4-2-1-3-10(13)8-16/h1-9H. The van der Waals surface area contributed by atoms with Gasteiger partial charge >= 0.3 is 0 Å². The third kappa shape index (κ3) is 2.27. The normalized spacial score (nSPS) is 9.94. The van der Waals surface area contributed by atoms with Crippen LogP contribution in [0.3, 0.4) is 0 Å². The van der Waals surface area contributed by atoms with Crippen molar-refractivity contribution in [2.75, 3.05) is 0 Å². The molecule has 2 aromatic rings. The van der Waals surface area contributed by atoms with E-state index in [0.717, 1.165) is 18.1 Å². The molecule has 0 aromatic heterocycles. The van der Waals surface area contributed by atoms with Gasteiger partial charge in [0.05, 0.1) is 0 Å². The Morgan fingerprint density at radius 3 is 2.18 bits per heavy atom. The molecule has 0 saturated carbocycles. The fourth-order valence-corrected chi connectivity index (χ4v) is 1.90. The van der Waals surface area contributed by atoms with E-state index in [1.165, 1.54) is 0 Å². The summed E-state index contributed by atoms with van der Waals surface area (Å²) in [4.78, 5) is 22.0. The van der Waals surface area contributed by atoms with E-state index in [2.05, 4.69) is 0 Å². The van der Waals surface area contributed by atoms with Gasteiger partial charge in [0.2, 0.25) is 0 Å². The van der Waals surface area contributed by atoms with Crippen LogP contribution in [-0.4, -0.2) is 12.6 Å². The van der Waals surface area contributed by atoms with Crippen LogP contribution in [-0.2, 0) is 0 Å². The van der Waals surface area contributed by atoms with Gasteiger partial charge in [-0.2, -0.15) is 0 Å². The number of benzene rings is 2. The van der Waals surface area contributed by atoms with Gasteiger partial charge in [-0.05, 0) is 23.3 Å². The highest BCUT2D eigenvalue weighted by Crippen LogP contribution is 2.27. The highest BCUT2D eigenvalue weighted by molar-refractivity contribution is 6.31. The van der Waals surface area contributed by atoms with E-state index in [-0.39, 0.29) is 0 Å². The van der Waals surface area contributed by atoms with Gasteiger partial charge in [0.15, 0.2) is 12.6 Å². The number of halogens is 1. The van der Waals surface area contributed by atoms with Gasteiger partial charge in [-0.25, -0.2) is 0 Å². The van der Waals surface area contributed by atoms with Gasteiger partial charge in [-0.1, -0.05) is 41.9 Å². The average Bonchev–Trinajstić information content (AvgIpc) is 2.38. The summed E-state index contributed by atoms with van der Waals surface area (Å²) < 4.78 is 0. The zero-order valence-electron chi connectivity index (χ0n) is 8.89. The van der Waals surface area contributed by atoms with E-state index in [9.17, 15) is 9.59 Å². The lowest BCUT2D eigenvalue weighted by Gasteiger charge is -2.07. The Kier molecular flexibility index (Phi) is 3.35. The molecule has 3 heteroatoms. The van der Waals surface area contributed by atoms with Gasteiger partial charge in [0.25, 0.3) is 0 Å². The Labute approximate surface area is 104 Å². The van der Waals surface area contributed by atoms with Gasteiger partial charge in [-0.3, -0.25) is 9.59 Å². The van der Waals surface area contributed by atoms with Crippen LogP contribution in [0.2, 0.25) is 5.02 Å². The minimum absolute atomic E-state index is 0.479. The summed E-state index contributed by atoms with van der Waals surface area (Å²) in [6, 6.07) is 12.2. The smallest absolute Gasteiger partial charge is 0.150 e. The molecule has 0 amide bonds. The second-order valence-corrected chi connectivity index (χ2v) is 3.99. The maximum atomic E-state index is 11.0. The molecule has 0 atom stereocenters. The molecule has 2 aromatic carbocycles. The third-order valence-corrected chi connectivity index (χ3v) is 2.75. The van der Waals surface area contributed by atoms with E-state index in [0.29, 0.717) is 21.7 Å². The summed E-state index contributed by atoms with van der Waals surface area (Å²) in [5.74, 6) is 0. The van der Waals surface area contributed by atoms with E-state index in [1.807, 2.05) is 6.07 Å². The maximum absolute atomic E-state index is 11.0. The largest absolute Gasteiger partial charge is 0.298 e. The minimum atomic E-state index is 0.479. The minimum Gasteiger partial charge on any atom is -0.298 e. The summed E-state index contributed by atoms with van der Waals surface area (Å²) in [7, 11) is 0. The van der Waals surface area contributed by atoms with Crippen molar-refractivity contribution < 1.29 is 9.59 Å². The summed E-state index contributed by atoms with van der Waals surface area (Å²) in [6.07, 6.45) is 1.52. The monoisotopic (exact) mass is 244 g/mol. The van der Waals surface area contributed by atoms with Crippen molar-refractivity contribution in [3.05, 3.63) is 58.6 Å². The molecule has 17 heavy (non-hydrogen) atoms. The van der Waals surface area contributed by atoms with Crippen molar-refractivity contribution in [3.63, 3.8) is 0 Å². The van der Waals surface area contributed by atoms with Crippen molar-refractivity contribution in [1.29, 1.82) is 0 Å². The summed E-state index contributed by atoms with van der Waals surface area (Å²) in [5.41, 5.74) is 2.48. The van der Waals surface area contributed by atoms with E-state index in [1.54, 1.807) is 36.4 Å². The van der Waals surface area contributed by atoms with Crippen LogP contribution in [0, 0.1) is 0 Å². The topological polar surface area (TPSA) is 34.1 Å². The van der Waals surface area contributed by atoms with Crippen molar-refractivity contribution in [1.82, 2.24) is 0 Å². The quantitative estimate of drug-likeness (QED) is 0.773. The lowest BCUT2D eigenvalue weighted by atomic mass is 9.96. The van der Waals surface area contributed by atoms with Crippen molar-refractivity contribution in [2.24, 2.45) is 0 Å². The van der Waals surface area contributed by atoms with Crippen LogP contribution in [0.5, 0.6) is 0 Å². The lowest BCUT2D eigenvalue weighted by molar-refractivity contribution is 0.111. The zero-order valence-corrected chi connectivity index (χ0v) is 9.65. The molecular formula is C14H9ClO2. The maximum Gasteiger partial charge on any atom is 0.150 e. The number of rotatable bonds is 3. The van der Waals surface area contributed by atoms with Crippen LogP contribution in [0.1, 0.15) is 20.7 Å². The number of aldehydes is 2. The fourth-order valence-electron chi connectivity index (χ4n) is 1.72. The fraction of sp³-hybridized carbons (Fsp3) is 0. The Morgan fingerprint density at radius 1 is 0.824 bits per heavy atom. The molecule has 0 bridgehead atoms. The number of hydrogen-bond acceptors (Lipinski definition) is 2. The van der Waals surface area contributed by atoms with Crippen molar-refractivity contribution >= 4 is 24.2 Å². The van der Waals surface area contributed by atoms with E-state index < -0.39 is 0 Å². The molecule has 0 spiro atoms. The van der Waals surface area contributed by atoms with E-state index >= 15 is 0 Å². The molecule has 84 valence electrons. The van der Waals surface area contributed by atoms with Gasteiger partial charge in [-0.15, -0.1) is 0 Å². The molecule has 0 saturated heterocycles. The second kappa shape index (κ2) is 4.93. The highest BCUT2D eigenvalue weighted by atomic mass is 35.5. The van der Waals surface area contributed by atoms with Crippen LogP contribution in [0.4, 0.5) is 0 Å². The summed E-state index contributed by atoms with van der Waals surface area (Å²) >= 11 is 5.83. The first-order valence-corrected chi connectivity index (χ1v) is 5.43. The molecule has 2 rings (SSSR count). The van der Waals surface area contributed by atoms with Gasteiger partial charge < -0.3 is 0 Å². The van der Waals surface area contributed by atoms with Crippen LogP contribution in [0.15, 0.2) is 42.5 Å². The molecule has 0 aliphatic heterocycles. The Bertz CT molecular complexity index is 576. The summed E-state index contributed by atoms with van der Waals surface area (Å²) in [5, 5.41) is 0.499. The van der Waals surface area contributed by atoms with E-state index in [4.69, 9.17) is 11.6 Å².